The molecule has 0 fully saturated rings. The molecule has 0 bridgehead atoms. The minimum atomic E-state index is -3.51. The standard InChI is InChI=1S/C17H26N2O6S/c1-17(2,3)15(19-26(4,23)24)16(22)18-10-9-12-5-7-13(8-6-12)25-11-14(20)21/h5-8,15,19H,9-11H2,1-4H3,(H,18,22)(H,20,21). The molecule has 146 valence electrons. The summed E-state index contributed by atoms with van der Waals surface area (Å²) in [5.74, 6) is -0.984. The summed E-state index contributed by atoms with van der Waals surface area (Å²) in [6.45, 7) is 5.28. The van der Waals surface area contributed by atoms with Gasteiger partial charge in [-0.25, -0.2) is 17.9 Å². The lowest BCUT2D eigenvalue weighted by atomic mass is 9.87. The van der Waals surface area contributed by atoms with Crippen molar-refractivity contribution in [2.24, 2.45) is 5.41 Å². The van der Waals surface area contributed by atoms with Crippen LogP contribution in [0.25, 0.3) is 0 Å². The van der Waals surface area contributed by atoms with Crippen molar-refractivity contribution in [2.75, 3.05) is 19.4 Å². The number of benzene rings is 1. The first-order valence-electron chi connectivity index (χ1n) is 8.07. The number of aliphatic carboxylic acids is 1. The summed E-state index contributed by atoms with van der Waals surface area (Å²) in [5, 5.41) is 11.3. The molecule has 1 rings (SSSR count). The van der Waals surface area contributed by atoms with Crippen LogP contribution in [0.1, 0.15) is 26.3 Å². The zero-order valence-corrected chi connectivity index (χ0v) is 16.2. The molecule has 1 atom stereocenters. The summed E-state index contributed by atoms with van der Waals surface area (Å²) in [5.41, 5.74) is 0.354. The average Bonchev–Trinajstić information content (AvgIpc) is 2.50. The summed E-state index contributed by atoms with van der Waals surface area (Å²) in [6.07, 6.45) is 1.56. The molecule has 1 aromatic rings. The third kappa shape index (κ3) is 8.30. The molecule has 0 aliphatic carbocycles. The first-order valence-corrected chi connectivity index (χ1v) is 9.96. The van der Waals surface area contributed by atoms with E-state index < -0.39 is 34.1 Å². The first-order chi connectivity index (χ1) is 11.9. The Hall–Kier alpha value is -2.13. The van der Waals surface area contributed by atoms with Gasteiger partial charge in [0.05, 0.1) is 6.26 Å². The molecule has 8 nitrogen and oxygen atoms in total. The Morgan fingerprint density at radius 2 is 1.77 bits per heavy atom. The van der Waals surface area contributed by atoms with E-state index >= 15 is 0 Å². The molecule has 1 amide bonds. The van der Waals surface area contributed by atoms with Crippen LogP contribution in [0.2, 0.25) is 0 Å². The van der Waals surface area contributed by atoms with E-state index in [0.29, 0.717) is 18.7 Å². The number of hydrogen-bond donors (Lipinski definition) is 3. The summed E-state index contributed by atoms with van der Waals surface area (Å²) >= 11 is 0. The molecule has 0 saturated heterocycles. The highest BCUT2D eigenvalue weighted by Crippen LogP contribution is 2.20. The van der Waals surface area contributed by atoms with Gasteiger partial charge in [0.2, 0.25) is 15.9 Å². The number of carboxylic acids is 1. The van der Waals surface area contributed by atoms with E-state index in [1.807, 2.05) is 0 Å². The Kier molecular flexibility index (Phi) is 7.58. The van der Waals surface area contributed by atoms with Crippen LogP contribution >= 0.6 is 0 Å². The minimum absolute atomic E-state index is 0.339. The maximum absolute atomic E-state index is 12.3. The summed E-state index contributed by atoms with van der Waals surface area (Å²) in [6, 6.07) is 6.00. The predicted octanol–water partition coefficient (Wildman–Crippen LogP) is 0.773. The van der Waals surface area contributed by atoms with Crippen LogP contribution in [0, 0.1) is 5.41 Å². The first kappa shape index (κ1) is 21.9. The predicted molar refractivity (Wildman–Crippen MR) is 97.5 cm³/mol. The van der Waals surface area contributed by atoms with Gasteiger partial charge < -0.3 is 15.2 Å². The Morgan fingerprint density at radius 1 is 1.19 bits per heavy atom. The van der Waals surface area contributed by atoms with Crippen molar-refractivity contribution in [3.63, 3.8) is 0 Å². The van der Waals surface area contributed by atoms with Gasteiger partial charge in [-0.1, -0.05) is 32.9 Å². The van der Waals surface area contributed by atoms with Crippen LogP contribution in [0.4, 0.5) is 0 Å². The molecule has 0 aliphatic rings. The topological polar surface area (TPSA) is 122 Å². The van der Waals surface area contributed by atoms with Gasteiger partial charge in [0.25, 0.3) is 0 Å². The number of carbonyl (C=O) groups excluding carboxylic acids is 1. The minimum Gasteiger partial charge on any atom is -0.482 e. The number of amides is 1. The second-order valence-corrected chi connectivity index (χ2v) is 8.84. The van der Waals surface area contributed by atoms with E-state index in [4.69, 9.17) is 9.84 Å². The fraction of sp³-hybridized carbons (Fsp3) is 0.529. The largest absolute Gasteiger partial charge is 0.482 e. The Morgan fingerprint density at radius 3 is 2.23 bits per heavy atom. The molecule has 0 saturated carbocycles. The van der Waals surface area contributed by atoms with E-state index in [2.05, 4.69) is 10.0 Å². The molecule has 0 heterocycles. The highest BCUT2D eigenvalue weighted by atomic mass is 32.2. The van der Waals surface area contributed by atoms with Crippen LogP contribution in [0.3, 0.4) is 0 Å². The number of hydrogen-bond acceptors (Lipinski definition) is 5. The fourth-order valence-electron chi connectivity index (χ4n) is 2.17. The number of carboxylic acid groups (broad SMARTS) is 1. The molecule has 0 aromatic heterocycles. The van der Waals surface area contributed by atoms with Gasteiger partial charge in [0.1, 0.15) is 11.8 Å². The van der Waals surface area contributed by atoms with Crippen molar-refractivity contribution in [3.05, 3.63) is 29.8 Å². The smallest absolute Gasteiger partial charge is 0.341 e. The second-order valence-electron chi connectivity index (χ2n) is 7.06. The molecule has 1 unspecified atom stereocenters. The quantitative estimate of drug-likeness (QED) is 0.576. The van der Waals surface area contributed by atoms with Gasteiger partial charge in [0, 0.05) is 6.54 Å². The van der Waals surface area contributed by atoms with E-state index in [-0.39, 0.29) is 5.91 Å². The monoisotopic (exact) mass is 386 g/mol. The lowest BCUT2D eigenvalue weighted by Gasteiger charge is -2.29. The molecule has 0 aliphatic heterocycles. The van der Waals surface area contributed by atoms with E-state index in [1.54, 1.807) is 45.0 Å². The van der Waals surface area contributed by atoms with Crippen molar-refractivity contribution >= 4 is 21.9 Å². The molecular weight excluding hydrogens is 360 g/mol. The number of carbonyl (C=O) groups is 2. The maximum atomic E-state index is 12.3. The summed E-state index contributed by atoms with van der Waals surface area (Å²) in [4.78, 5) is 22.8. The fourth-order valence-corrected chi connectivity index (χ4v) is 3.06. The van der Waals surface area contributed by atoms with Crippen LogP contribution in [0.5, 0.6) is 5.75 Å². The molecule has 0 radical (unpaired) electrons. The normalized spacial score (nSPS) is 13.1. The van der Waals surface area contributed by atoms with Gasteiger partial charge in [-0.05, 0) is 29.5 Å². The second kappa shape index (κ2) is 9.00. The lowest BCUT2D eigenvalue weighted by molar-refractivity contribution is -0.139. The Bertz CT molecular complexity index is 723. The van der Waals surface area contributed by atoms with Crippen molar-refractivity contribution in [3.8, 4) is 5.75 Å². The zero-order valence-electron chi connectivity index (χ0n) is 15.4. The van der Waals surface area contributed by atoms with Crippen LogP contribution < -0.4 is 14.8 Å². The van der Waals surface area contributed by atoms with Gasteiger partial charge in [0.15, 0.2) is 6.61 Å². The molecule has 1 aromatic carbocycles. The van der Waals surface area contributed by atoms with Gasteiger partial charge >= 0.3 is 5.97 Å². The average molecular weight is 386 g/mol. The highest BCUT2D eigenvalue weighted by Gasteiger charge is 2.33. The molecule has 0 spiro atoms. The van der Waals surface area contributed by atoms with Crippen molar-refractivity contribution in [1.82, 2.24) is 10.0 Å². The molecular formula is C17H26N2O6S. The number of nitrogens with one attached hydrogen (secondary N) is 2. The van der Waals surface area contributed by atoms with Crippen molar-refractivity contribution < 1.29 is 27.9 Å². The molecule has 9 heteroatoms. The molecule has 3 N–H and O–H groups in total. The van der Waals surface area contributed by atoms with Crippen LogP contribution in [-0.2, 0) is 26.0 Å². The van der Waals surface area contributed by atoms with Gasteiger partial charge in [-0.2, -0.15) is 0 Å². The number of sulfonamides is 1. The zero-order chi connectivity index (χ0) is 20.0. The van der Waals surface area contributed by atoms with E-state index in [1.165, 1.54) is 0 Å². The summed E-state index contributed by atoms with van der Waals surface area (Å²) < 4.78 is 30.4. The lowest BCUT2D eigenvalue weighted by Crippen LogP contribution is -2.53. The van der Waals surface area contributed by atoms with Gasteiger partial charge in [-0.3, -0.25) is 4.79 Å². The van der Waals surface area contributed by atoms with E-state index in [0.717, 1.165) is 11.8 Å². The number of rotatable bonds is 9. The SMILES string of the molecule is CC(C)(C)C(NS(C)(=O)=O)C(=O)NCCc1ccc(OCC(=O)O)cc1. The third-order valence-electron chi connectivity index (χ3n) is 3.46. The van der Waals surface area contributed by atoms with E-state index in [9.17, 15) is 18.0 Å². The van der Waals surface area contributed by atoms with Crippen LogP contribution in [-0.4, -0.2) is 50.9 Å². The number of ether oxygens (including phenoxy) is 1. The Labute approximate surface area is 154 Å². The highest BCUT2D eigenvalue weighted by molar-refractivity contribution is 7.88. The third-order valence-corrected chi connectivity index (χ3v) is 4.12. The maximum Gasteiger partial charge on any atom is 0.341 e. The van der Waals surface area contributed by atoms with Crippen LogP contribution in [0.15, 0.2) is 24.3 Å². The summed E-state index contributed by atoms with van der Waals surface area (Å²) in [7, 11) is -3.51. The van der Waals surface area contributed by atoms with Crippen molar-refractivity contribution in [2.45, 2.75) is 33.2 Å². The Balaban J connectivity index is 2.57. The van der Waals surface area contributed by atoms with Gasteiger partial charge in [-0.15, -0.1) is 0 Å². The molecule has 26 heavy (non-hydrogen) atoms. The van der Waals surface area contributed by atoms with Crippen molar-refractivity contribution in [1.29, 1.82) is 0 Å².